The lowest BCUT2D eigenvalue weighted by molar-refractivity contribution is -0.144. The van der Waals surface area contributed by atoms with Gasteiger partial charge in [-0.25, -0.2) is 9.97 Å². The highest BCUT2D eigenvalue weighted by atomic mass is 32.1. The molecule has 6 aromatic rings. The number of aryl methyl sites for hydroxylation is 1. The number of aliphatic hydroxyl groups excluding tert-OH is 1. The van der Waals surface area contributed by atoms with Gasteiger partial charge >= 0.3 is 6.18 Å². The number of aliphatic hydroxyl groups is 1. The molecule has 5 heterocycles. The molecule has 1 unspecified atom stereocenters. The van der Waals surface area contributed by atoms with Crippen LogP contribution >= 0.6 is 11.3 Å². The van der Waals surface area contributed by atoms with Crippen molar-refractivity contribution in [3.63, 3.8) is 0 Å². The van der Waals surface area contributed by atoms with Crippen LogP contribution in [0.25, 0.3) is 21.8 Å². The number of anilines is 1. The van der Waals surface area contributed by atoms with Crippen LogP contribution in [0.1, 0.15) is 130 Å². The van der Waals surface area contributed by atoms with Gasteiger partial charge in [-0.05, 0) is 136 Å². The van der Waals surface area contributed by atoms with E-state index in [-0.39, 0.29) is 61.2 Å². The Hall–Kier alpha value is -7.35. The Balaban J connectivity index is 0.643. The molecule has 24 heteroatoms. The predicted octanol–water partition coefficient (Wildman–Crippen LogP) is 9.30. The molecule has 0 spiro atoms. The van der Waals surface area contributed by atoms with E-state index in [1.165, 1.54) is 17.0 Å². The molecular weight excluding hydrogens is 1170 g/mol. The second kappa shape index (κ2) is 32.9. The van der Waals surface area contributed by atoms with Crippen LogP contribution in [-0.4, -0.2) is 143 Å². The molecule has 20 nitrogen and oxygen atoms in total. The number of hydrogen-bond donors (Lipinski definition) is 7. The zero-order chi connectivity index (χ0) is 63.2. The molecule has 0 aliphatic carbocycles. The van der Waals surface area contributed by atoms with E-state index in [1.807, 2.05) is 75.7 Å². The van der Waals surface area contributed by atoms with Crippen molar-refractivity contribution in [1.82, 2.24) is 51.3 Å². The normalized spacial score (nSPS) is 16.2. The number of rotatable bonds is 33. The first-order valence-corrected chi connectivity index (χ1v) is 31.6. The number of benzene rings is 3. The number of carbonyl (C=O) groups excluding carboxylic acids is 4. The Morgan fingerprint density at radius 3 is 2.16 bits per heavy atom. The number of piperidine rings is 1. The molecule has 0 saturated carbocycles. The van der Waals surface area contributed by atoms with Crippen molar-refractivity contribution in [2.24, 2.45) is 5.41 Å². The van der Waals surface area contributed by atoms with E-state index in [0.29, 0.717) is 89.3 Å². The molecule has 2 saturated heterocycles. The van der Waals surface area contributed by atoms with E-state index in [4.69, 9.17) is 23.9 Å². The van der Waals surface area contributed by atoms with Crippen molar-refractivity contribution in [3.8, 4) is 27.6 Å². The quantitative estimate of drug-likeness (QED) is 0.0190. The minimum atomic E-state index is -4.64. The van der Waals surface area contributed by atoms with Gasteiger partial charge in [-0.1, -0.05) is 63.9 Å². The van der Waals surface area contributed by atoms with E-state index in [0.717, 1.165) is 78.5 Å². The van der Waals surface area contributed by atoms with Crippen molar-refractivity contribution in [2.45, 2.75) is 141 Å². The number of nitrogens with one attached hydrogen (secondary N) is 6. The number of aromatic amines is 1. The lowest BCUT2D eigenvalue weighted by Gasteiger charge is -2.37. The molecule has 480 valence electrons. The molecule has 0 bridgehead atoms. The molecule has 2 aliphatic heterocycles. The smallest absolute Gasteiger partial charge is 0.416 e. The molecule has 3 atom stereocenters. The number of likely N-dealkylation sites (tertiary alicyclic amines) is 1. The van der Waals surface area contributed by atoms with Crippen LogP contribution in [0.15, 0.2) is 96.8 Å². The van der Waals surface area contributed by atoms with Crippen LogP contribution in [0.3, 0.4) is 0 Å². The number of thiazole rings is 1. The van der Waals surface area contributed by atoms with Crippen LogP contribution in [0, 0.1) is 12.3 Å². The number of pyridine rings is 1. The van der Waals surface area contributed by atoms with Crippen molar-refractivity contribution in [2.75, 3.05) is 71.2 Å². The van der Waals surface area contributed by atoms with Crippen molar-refractivity contribution >= 4 is 40.7 Å². The minimum Gasteiger partial charge on any atom is -0.494 e. The molecule has 3 aromatic heterocycles. The SMILES string of the molecule is Cc1ncsc1-c1ccc(CNC(=O)[C@@H]2C[C@@H](O)CN2C(=O)C(NC(=O)CCCCCOCCOCCOCCCCCCOc2ccc(C(F)(F)F)c(CNC(=O)c3cccc(NC4(c5nc(-c6ccncc6)n[nH]5)CCNCC4)c3)c2)C(C)(C)C)cc1. The third-order valence-electron chi connectivity index (χ3n) is 15.8. The van der Waals surface area contributed by atoms with Crippen molar-refractivity contribution < 1.29 is 56.4 Å². The van der Waals surface area contributed by atoms with Crippen LogP contribution in [0.2, 0.25) is 0 Å². The van der Waals surface area contributed by atoms with Gasteiger partial charge in [0.1, 0.15) is 17.8 Å². The van der Waals surface area contributed by atoms with E-state index in [9.17, 15) is 37.5 Å². The monoisotopic (exact) mass is 1250 g/mol. The summed E-state index contributed by atoms with van der Waals surface area (Å²) in [6.45, 7) is 12.0. The minimum absolute atomic E-state index is 0.00183. The maximum atomic E-state index is 14.2. The molecule has 2 aliphatic rings. The highest BCUT2D eigenvalue weighted by Gasteiger charge is 2.45. The number of carbonyl (C=O) groups is 4. The number of H-pyrrole nitrogens is 1. The summed E-state index contributed by atoms with van der Waals surface area (Å²) in [6.07, 6.45) is 4.90. The van der Waals surface area contributed by atoms with Crippen LogP contribution in [0.5, 0.6) is 5.75 Å². The Morgan fingerprint density at radius 1 is 0.798 bits per heavy atom. The maximum Gasteiger partial charge on any atom is 0.416 e. The largest absolute Gasteiger partial charge is 0.494 e. The van der Waals surface area contributed by atoms with Gasteiger partial charge < -0.3 is 55.5 Å². The number of alkyl halides is 3. The van der Waals surface area contributed by atoms with Gasteiger partial charge in [0.15, 0.2) is 11.6 Å². The zero-order valence-electron chi connectivity index (χ0n) is 51.2. The number of hydrogen-bond acceptors (Lipinski definition) is 16. The molecule has 7 N–H and O–H groups in total. The average molecular weight is 1250 g/mol. The summed E-state index contributed by atoms with van der Waals surface area (Å²) in [5, 5.41) is 33.7. The Bertz CT molecular complexity index is 3210. The van der Waals surface area contributed by atoms with Gasteiger partial charge in [0.2, 0.25) is 17.7 Å². The molecule has 3 aromatic carbocycles. The highest BCUT2D eigenvalue weighted by molar-refractivity contribution is 7.13. The van der Waals surface area contributed by atoms with Crippen LogP contribution in [0.4, 0.5) is 18.9 Å². The highest BCUT2D eigenvalue weighted by Crippen LogP contribution is 2.36. The number of aromatic nitrogens is 5. The Morgan fingerprint density at radius 2 is 1.48 bits per heavy atom. The van der Waals surface area contributed by atoms with Gasteiger partial charge in [-0.15, -0.1) is 11.3 Å². The summed E-state index contributed by atoms with van der Waals surface area (Å²) >= 11 is 1.57. The number of nitrogens with zero attached hydrogens (tertiary/aromatic N) is 5. The summed E-state index contributed by atoms with van der Waals surface area (Å²) in [7, 11) is 0. The third kappa shape index (κ3) is 20.1. The Labute approximate surface area is 522 Å². The van der Waals surface area contributed by atoms with E-state index < -0.39 is 52.7 Å². The molecule has 89 heavy (non-hydrogen) atoms. The predicted molar refractivity (Wildman–Crippen MR) is 333 cm³/mol. The fourth-order valence-corrected chi connectivity index (χ4v) is 11.6. The van der Waals surface area contributed by atoms with E-state index in [2.05, 4.69) is 46.7 Å². The fourth-order valence-electron chi connectivity index (χ4n) is 10.8. The summed E-state index contributed by atoms with van der Waals surface area (Å²) < 4.78 is 65.4. The third-order valence-corrected chi connectivity index (χ3v) is 16.7. The first-order chi connectivity index (χ1) is 42.9. The number of ether oxygens (including phenoxy) is 4. The second-order valence-corrected chi connectivity index (χ2v) is 24.5. The lowest BCUT2D eigenvalue weighted by atomic mass is 9.85. The topological polar surface area (TPSA) is 256 Å². The first kappa shape index (κ1) is 67.6. The second-order valence-electron chi connectivity index (χ2n) is 23.6. The van der Waals surface area contributed by atoms with Gasteiger partial charge in [0.05, 0.1) is 66.3 Å². The molecule has 8 rings (SSSR count). The summed E-state index contributed by atoms with van der Waals surface area (Å²) in [6, 6.07) is 20.3. The number of amides is 4. The van der Waals surface area contributed by atoms with Gasteiger partial charge in [0, 0.05) is 74.9 Å². The lowest BCUT2D eigenvalue weighted by Crippen LogP contribution is -2.57. The molecule has 0 radical (unpaired) electrons. The Kier molecular flexibility index (Phi) is 25.0. The van der Waals surface area contributed by atoms with Gasteiger partial charge in [-0.2, -0.15) is 18.3 Å². The van der Waals surface area contributed by atoms with Crippen molar-refractivity contribution in [1.29, 1.82) is 0 Å². The standard InChI is InChI=1S/C65H84F3N11O9S/c1-44-56(89-43-73-44)46-18-16-45(17-19-46)40-71-60(83)54-39-51(80)42-79(54)61(84)57(63(2,3)4)74-55(81)15-8-7-10-31-86-34-36-87-35-33-85-30-9-5-6-11-32-88-52-20-21-53(65(66,67)68)49(38-52)41-72-59(82)48-13-12-14-50(37-48)76-64(24-28-70-29-25-64)62-75-58(77-78-62)47-22-26-69-27-23-47/h12-14,16-23,26-27,37-38,43,51,54,57,70,76,80H,5-11,15,24-25,28-36,39-42H2,1-4H3,(H,71,83)(H,72,82)(H,74,81)(H,75,77,78)/t51-,54+,57?/m1/s1. The maximum absolute atomic E-state index is 14.2. The zero-order valence-corrected chi connectivity index (χ0v) is 52.0. The summed E-state index contributed by atoms with van der Waals surface area (Å²) in [5.74, 6) is -0.0700. The number of β-amino-alcohol motifs (C(OH)–C–C–N with tert-alkyl or cyclic N) is 1. The van der Waals surface area contributed by atoms with Gasteiger partial charge in [-0.3, -0.25) is 29.3 Å². The van der Waals surface area contributed by atoms with Gasteiger partial charge in [0.25, 0.3) is 5.91 Å². The first-order valence-electron chi connectivity index (χ1n) is 30.7. The molecule has 2 fully saturated rings. The van der Waals surface area contributed by atoms with Crippen LogP contribution in [-0.2, 0) is 53.4 Å². The molecule has 4 amide bonds. The van der Waals surface area contributed by atoms with E-state index >= 15 is 0 Å². The molecular formula is C65H84F3N11O9S. The number of halogens is 3. The van der Waals surface area contributed by atoms with Crippen LogP contribution < -0.4 is 31.3 Å². The van der Waals surface area contributed by atoms with Crippen molar-refractivity contribution in [3.05, 3.63) is 131 Å². The fraction of sp³-hybridized carbons (Fsp3) is 0.508. The average Bonchev–Trinajstić information content (AvgIpc) is 2.21. The summed E-state index contributed by atoms with van der Waals surface area (Å²) in [5.41, 5.74) is 4.23. The number of unbranched alkanes of at least 4 members (excludes halogenated alkanes) is 5. The summed E-state index contributed by atoms with van der Waals surface area (Å²) in [4.78, 5) is 69.8. The van der Waals surface area contributed by atoms with E-state index in [1.54, 1.807) is 41.9 Å².